The summed E-state index contributed by atoms with van der Waals surface area (Å²) in [5.41, 5.74) is 5.56. The second kappa shape index (κ2) is 12.1. The number of nitrogens with zero attached hydrogens (tertiary/aromatic N) is 2. The number of fused-ring (bicyclic) bond motifs is 1. The topological polar surface area (TPSA) is 80.2 Å². The largest absolute Gasteiger partial charge is 0.507 e. The molecule has 40 heavy (non-hydrogen) atoms. The molecule has 0 fully saturated rings. The van der Waals surface area contributed by atoms with Crippen LogP contribution in [0.5, 0.6) is 5.75 Å². The number of para-hydroxylation sites is 2. The maximum atomic E-state index is 13.8. The number of aromatic nitrogens is 2. The van der Waals surface area contributed by atoms with Gasteiger partial charge < -0.3 is 19.0 Å². The van der Waals surface area contributed by atoms with Crippen molar-refractivity contribution < 1.29 is 14.6 Å². The number of aromatic hydroxyl groups is 1. The molecule has 0 aliphatic heterocycles. The van der Waals surface area contributed by atoms with E-state index in [0.29, 0.717) is 25.3 Å². The maximum absolute atomic E-state index is 13.8. The van der Waals surface area contributed by atoms with Gasteiger partial charge in [0.15, 0.2) is 5.78 Å². The van der Waals surface area contributed by atoms with Crippen LogP contribution in [0, 0.1) is 5.41 Å². The first-order valence-electron chi connectivity index (χ1n) is 13.6. The normalized spacial score (nSPS) is 12.0. The Bertz CT molecular complexity index is 1530. The van der Waals surface area contributed by atoms with Gasteiger partial charge in [0.2, 0.25) is 5.62 Å². The van der Waals surface area contributed by atoms with E-state index in [1.165, 1.54) is 0 Å². The Hall–Kier alpha value is -3.16. The van der Waals surface area contributed by atoms with E-state index < -0.39 is 0 Å². The number of ketones is 1. The fourth-order valence-electron chi connectivity index (χ4n) is 5.02. The van der Waals surface area contributed by atoms with Crippen molar-refractivity contribution in [3.63, 3.8) is 0 Å². The van der Waals surface area contributed by atoms with Gasteiger partial charge in [-0.3, -0.25) is 10.2 Å². The molecule has 6 nitrogen and oxygen atoms in total. The van der Waals surface area contributed by atoms with Crippen LogP contribution in [0.3, 0.4) is 0 Å². The molecular formula is C33H42BrN3O3. The molecule has 0 unspecified atom stereocenters. The van der Waals surface area contributed by atoms with Gasteiger partial charge in [0.1, 0.15) is 5.75 Å². The predicted octanol–water partition coefficient (Wildman–Crippen LogP) is 7.27. The lowest BCUT2D eigenvalue weighted by molar-refractivity contribution is 0.0971. The molecule has 214 valence electrons. The molecule has 0 saturated carbocycles. The van der Waals surface area contributed by atoms with Crippen LogP contribution >= 0.6 is 17.0 Å². The lowest BCUT2D eigenvalue weighted by Gasteiger charge is -2.28. The van der Waals surface area contributed by atoms with Gasteiger partial charge in [0.25, 0.3) is 0 Å². The van der Waals surface area contributed by atoms with E-state index in [1.54, 1.807) is 4.57 Å². The highest BCUT2D eigenvalue weighted by Gasteiger charge is 2.28. The van der Waals surface area contributed by atoms with Crippen LogP contribution in [0.25, 0.3) is 11.0 Å². The molecule has 0 aliphatic carbocycles. The molecule has 0 bridgehead atoms. The molecule has 0 aliphatic rings. The average molecular weight is 609 g/mol. The molecule has 1 heterocycles. The number of rotatable bonds is 8. The van der Waals surface area contributed by atoms with Gasteiger partial charge in [-0.2, -0.15) is 0 Å². The van der Waals surface area contributed by atoms with Gasteiger partial charge >= 0.3 is 0 Å². The summed E-state index contributed by atoms with van der Waals surface area (Å²) in [6.45, 7) is 15.9. The van der Waals surface area contributed by atoms with Gasteiger partial charge in [0.05, 0.1) is 30.7 Å². The van der Waals surface area contributed by atoms with E-state index >= 15 is 0 Å². The Labute approximate surface area is 247 Å². The quantitative estimate of drug-likeness (QED) is 0.207. The lowest BCUT2D eigenvalue weighted by atomic mass is 9.78. The zero-order valence-electron chi connectivity index (χ0n) is 24.7. The summed E-state index contributed by atoms with van der Waals surface area (Å²) in [4.78, 5) is 13.8. The number of nitrogens with one attached hydrogen (secondary N) is 1. The van der Waals surface area contributed by atoms with Crippen molar-refractivity contribution in [1.82, 2.24) is 9.13 Å². The summed E-state index contributed by atoms with van der Waals surface area (Å²) in [5.74, 6) is 0.159. The highest BCUT2D eigenvalue weighted by atomic mass is 79.9. The second-order valence-electron chi connectivity index (χ2n) is 12.2. The molecule has 7 heteroatoms. The van der Waals surface area contributed by atoms with Crippen LogP contribution in [-0.2, 0) is 35.3 Å². The van der Waals surface area contributed by atoms with Crippen molar-refractivity contribution in [2.45, 2.75) is 79.0 Å². The smallest absolute Gasteiger partial charge is 0.203 e. The number of ether oxygens (including phenoxy) is 1. The summed E-state index contributed by atoms with van der Waals surface area (Å²) in [6, 6.07) is 19.6. The zero-order valence-corrected chi connectivity index (χ0v) is 26.4. The minimum atomic E-state index is -0.334. The van der Waals surface area contributed by atoms with Gasteiger partial charge in [-0.25, -0.2) is 0 Å². The van der Waals surface area contributed by atoms with Crippen molar-refractivity contribution in [2.75, 3.05) is 6.61 Å². The number of phenols is 1. The molecule has 0 atom stereocenters. The molecule has 0 amide bonds. The standard InChI is InChI=1S/C33H41N3O3.BrH/c1-8-39-21-23-14-10-9-13-22(23)19-35-27-15-11-12-16-28(27)36(31(35)34)20-29(37)24-17-25(32(2,3)4)30(38)26(18-24)33(5,6)7;/h9-18,34,38H,8,19-21H2,1-7H3;1H. The van der Waals surface area contributed by atoms with Crippen LogP contribution in [0.2, 0.25) is 0 Å². The predicted molar refractivity (Wildman–Crippen MR) is 167 cm³/mol. The van der Waals surface area contributed by atoms with E-state index in [-0.39, 0.29) is 51.5 Å². The van der Waals surface area contributed by atoms with Crippen LogP contribution in [0.15, 0.2) is 60.7 Å². The van der Waals surface area contributed by atoms with Crippen molar-refractivity contribution in [1.29, 1.82) is 5.41 Å². The Balaban J connectivity index is 0.00000441. The number of halogens is 1. The van der Waals surface area contributed by atoms with Crippen molar-refractivity contribution in [3.05, 3.63) is 94.1 Å². The average Bonchev–Trinajstić information content (AvgIpc) is 3.12. The number of Topliss-reactive ketones (excluding diaryl/α,β-unsaturated/α-hetero) is 1. The first-order chi connectivity index (χ1) is 18.3. The van der Waals surface area contributed by atoms with Gasteiger partial charge in [-0.05, 0) is 53.1 Å². The molecule has 1 aromatic heterocycles. The Morgan fingerprint density at radius 3 is 1.88 bits per heavy atom. The van der Waals surface area contributed by atoms with Crippen molar-refractivity contribution in [2.24, 2.45) is 0 Å². The van der Waals surface area contributed by atoms with Crippen LogP contribution in [0.4, 0.5) is 0 Å². The summed E-state index contributed by atoms with van der Waals surface area (Å²) < 4.78 is 9.40. The molecule has 4 aromatic rings. The van der Waals surface area contributed by atoms with E-state index in [1.807, 2.05) is 102 Å². The molecule has 2 N–H and O–H groups in total. The van der Waals surface area contributed by atoms with Gasteiger partial charge in [-0.1, -0.05) is 77.9 Å². The Morgan fingerprint density at radius 1 is 0.850 bits per heavy atom. The molecule has 0 spiro atoms. The van der Waals surface area contributed by atoms with Gasteiger partial charge in [-0.15, -0.1) is 17.0 Å². The fraction of sp³-hybridized carbons (Fsp3) is 0.394. The number of hydrogen-bond acceptors (Lipinski definition) is 4. The van der Waals surface area contributed by atoms with Crippen LogP contribution in [0.1, 0.15) is 81.1 Å². The molecule has 0 saturated heterocycles. The minimum Gasteiger partial charge on any atom is -0.507 e. The van der Waals surface area contributed by atoms with E-state index in [4.69, 9.17) is 10.1 Å². The molecule has 0 radical (unpaired) electrons. The zero-order chi connectivity index (χ0) is 28.5. The Kier molecular flexibility index (Phi) is 9.53. The number of imidazole rings is 1. The first-order valence-corrected chi connectivity index (χ1v) is 13.6. The minimum absolute atomic E-state index is 0. The third-order valence-corrected chi connectivity index (χ3v) is 7.23. The van der Waals surface area contributed by atoms with Crippen LogP contribution in [-0.4, -0.2) is 26.6 Å². The van der Waals surface area contributed by atoms with Crippen LogP contribution < -0.4 is 5.62 Å². The number of carbonyl (C=O) groups excluding carboxylic acids is 1. The SMILES string of the molecule is Br.CCOCc1ccccc1Cn1c(=N)n(CC(=O)c2cc(C(C)(C)C)c(O)c(C(C)(C)C)c2)c2ccccc21. The van der Waals surface area contributed by atoms with Crippen molar-refractivity contribution >= 4 is 33.8 Å². The Morgan fingerprint density at radius 2 is 1.35 bits per heavy atom. The highest BCUT2D eigenvalue weighted by molar-refractivity contribution is 8.93. The summed E-state index contributed by atoms with van der Waals surface area (Å²) >= 11 is 0. The molecule has 3 aromatic carbocycles. The highest BCUT2D eigenvalue weighted by Crippen LogP contribution is 2.40. The molecular weight excluding hydrogens is 566 g/mol. The summed E-state index contributed by atoms with van der Waals surface area (Å²) in [5, 5.41) is 20.2. The third-order valence-electron chi connectivity index (χ3n) is 7.23. The summed E-state index contributed by atoms with van der Waals surface area (Å²) in [6.07, 6.45) is 0. The second-order valence-corrected chi connectivity index (χ2v) is 12.2. The fourth-order valence-corrected chi connectivity index (χ4v) is 5.02. The lowest BCUT2D eigenvalue weighted by Crippen LogP contribution is -2.28. The third kappa shape index (κ3) is 6.42. The number of benzene rings is 3. The maximum Gasteiger partial charge on any atom is 0.203 e. The number of phenolic OH excluding ortho intramolecular Hbond substituents is 1. The van der Waals surface area contributed by atoms with E-state index in [0.717, 1.165) is 33.3 Å². The number of hydrogen-bond donors (Lipinski definition) is 2. The monoisotopic (exact) mass is 607 g/mol. The molecule has 4 rings (SSSR count). The summed E-state index contributed by atoms with van der Waals surface area (Å²) in [7, 11) is 0. The van der Waals surface area contributed by atoms with E-state index in [9.17, 15) is 9.90 Å². The van der Waals surface area contributed by atoms with Crippen molar-refractivity contribution in [3.8, 4) is 5.75 Å². The number of carbonyl (C=O) groups is 1. The van der Waals surface area contributed by atoms with Gasteiger partial charge in [0, 0.05) is 23.3 Å². The van der Waals surface area contributed by atoms with E-state index in [2.05, 4.69) is 12.1 Å². The first kappa shape index (κ1) is 31.4.